The Bertz CT molecular complexity index is 311. The molecule has 9 nitrogen and oxygen atoms in total. The van der Waals surface area contributed by atoms with Crippen LogP contribution in [-0.4, -0.2) is 61.5 Å². The maximum Gasteiger partial charge on any atom is 0.335 e. The number of carbonyl (C=O) groups is 4. The second-order valence-corrected chi connectivity index (χ2v) is 3.64. The number of rotatable bonds is 3. The van der Waals surface area contributed by atoms with Crippen molar-refractivity contribution in [1.82, 2.24) is 5.32 Å². The number of aliphatic carboxylic acids is 2. The number of hydrogen-bond donors (Lipinski definition) is 5. The molecule has 17 heavy (non-hydrogen) atoms. The van der Waals surface area contributed by atoms with Crippen LogP contribution in [-0.2, 0) is 14.4 Å². The fourth-order valence-corrected chi connectivity index (χ4v) is 1.11. The fourth-order valence-electron chi connectivity index (χ4n) is 0.587. The molecule has 0 aromatic heterocycles. The highest BCUT2D eigenvalue weighted by Gasteiger charge is 2.29. The van der Waals surface area contributed by atoms with Crippen LogP contribution in [0.15, 0.2) is 0 Å². The van der Waals surface area contributed by atoms with Gasteiger partial charge in [-0.2, -0.15) is 0 Å². The average Bonchev–Trinajstić information content (AvgIpc) is 2.60. The van der Waals surface area contributed by atoms with Crippen LogP contribution < -0.4 is 5.32 Å². The third-order valence-electron chi connectivity index (χ3n) is 1.38. The molecule has 5 N–H and O–H groups in total. The van der Waals surface area contributed by atoms with Crippen molar-refractivity contribution in [3.63, 3.8) is 0 Å². The average molecular weight is 267 g/mol. The molecule has 1 aliphatic rings. The first-order valence-electron chi connectivity index (χ1n) is 4.04. The highest BCUT2D eigenvalue weighted by atomic mass is 32.2. The van der Waals surface area contributed by atoms with E-state index in [9.17, 15) is 19.2 Å². The minimum atomic E-state index is -2.27. The molecule has 0 aromatic rings. The minimum absolute atomic E-state index is 0.185. The van der Waals surface area contributed by atoms with Crippen LogP contribution in [0.25, 0.3) is 0 Å². The van der Waals surface area contributed by atoms with Gasteiger partial charge in [0.05, 0.1) is 5.75 Å². The lowest BCUT2D eigenvalue weighted by molar-refractivity contribution is -0.165. The van der Waals surface area contributed by atoms with E-state index < -0.39 is 24.1 Å². The summed E-state index contributed by atoms with van der Waals surface area (Å²) in [5.41, 5.74) is 0. The Kier molecular flexibility index (Phi) is 6.17. The number of carboxylic acid groups (broad SMARTS) is 2. The smallest absolute Gasteiger partial charge is 0.335 e. The van der Waals surface area contributed by atoms with Gasteiger partial charge in [-0.15, -0.1) is 0 Å². The van der Waals surface area contributed by atoms with Crippen molar-refractivity contribution in [2.24, 2.45) is 0 Å². The zero-order valence-corrected chi connectivity index (χ0v) is 9.01. The van der Waals surface area contributed by atoms with Crippen LogP contribution in [0.4, 0.5) is 4.79 Å². The Balaban J connectivity index is 0.000000318. The summed E-state index contributed by atoms with van der Waals surface area (Å²) in [5, 5.41) is 34.4. The monoisotopic (exact) mass is 267 g/mol. The summed E-state index contributed by atoms with van der Waals surface area (Å²) in [6, 6.07) is 0. The van der Waals surface area contributed by atoms with Crippen LogP contribution in [0.2, 0.25) is 0 Å². The van der Waals surface area contributed by atoms with E-state index in [0.717, 1.165) is 11.8 Å². The molecule has 0 unspecified atom stereocenters. The molecule has 0 aromatic carbocycles. The number of carbonyl (C=O) groups excluding carboxylic acids is 2. The summed E-state index contributed by atoms with van der Waals surface area (Å²) < 4.78 is 0. The van der Waals surface area contributed by atoms with E-state index in [1.54, 1.807) is 0 Å². The lowest BCUT2D eigenvalue weighted by atomic mass is 10.2. The van der Waals surface area contributed by atoms with Gasteiger partial charge >= 0.3 is 11.9 Å². The Morgan fingerprint density at radius 3 is 1.65 bits per heavy atom. The second kappa shape index (κ2) is 6.83. The standard InChI is InChI=1S/C4H6O6.C3H3NO2S/c5-1(3(7)8)2(6)4(9)10;5-2-1-7-3(6)4-2/h1-2,5-6H,(H,7,8)(H,9,10);1H2,(H,4,5,6)/t1-,2-;/m0./s1. The predicted octanol–water partition coefficient (Wildman–Crippen LogP) is -2.15. The van der Waals surface area contributed by atoms with Crippen molar-refractivity contribution in [3.8, 4) is 0 Å². The Labute approximate surface area is 98.4 Å². The fraction of sp³-hybridized carbons (Fsp3) is 0.429. The normalized spacial score (nSPS) is 17.5. The van der Waals surface area contributed by atoms with Gasteiger partial charge in [0, 0.05) is 0 Å². The number of hydrogen-bond acceptors (Lipinski definition) is 7. The van der Waals surface area contributed by atoms with Crippen molar-refractivity contribution >= 4 is 34.8 Å². The van der Waals surface area contributed by atoms with Crippen molar-refractivity contribution in [2.45, 2.75) is 12.2 Å². The molecular formula is C7H9NO8S. The molecule has 1 heterocycles. The quantitative estimate of drug-likeness (QED) is 0.383. The van der Waals surface area contributed by atoms with E-state index in [2.05, 4.69) is 5.32 Å². The van der Waals surface area contributed by atoms with Gasteiger partial charge in [-0.05, 0) is 0 Å². The summed E-state index contributed by atoms with van der Waals surface area (Å²) in [5.74, 6) is -3.43. The molecule has 2 amide bonds. The van der Waals surface area contributed by atoms with Crippen molar-refractivity contribution < 1.29 is 39.6 Å². The molecule has 2 atom stereocenters. The molecule has 1 fully saturated rings. The van der Waals surface area contributed by atoms with Crippen molar-refractivity contribution in [3.05, 3.63) is 0 Å². The van der Waals surface area contributed by atoms with E-state index in [0.29, 0.717) is 5.75 Å². The number of imide groups is 1. The molecule has 0 bridgehead atoms. The van der Waals surface area contributed by atoms with E-state index in [1.165, 1.54) is 0 Å². The summed E-state index contributed by atoms with van der Waals surface area (Å²) >= 11 is 1.01. The van der Waals surface area contributed by atoms with Gasteiger partial charge in [0.25, 0.3) is 5.24 Å². The second-order valence-electron chi connectivity index (χ2n) is 2.69. The Morgan fingerprint density at radius 1 is 1.12 bits per heavy atom. The van der Waals surface area contributed by atoms with Gasteiger partial charge in [0.2, 0.25) is 5.91 Å². The third kappa shape index (κ3) is 5.85. The summed E-state index contributed by atoms with van der Waals surface area (Å²) in [7, 11) is 0. The zero-order valence-electron chi connectivity index (χ0n) is 8.19. The van der Waals surface area contributed by atoms with E-state index in [4.69, 9.17) is 20.4 Å². The van der Waals surface area contributed by atoms with Crippen LogP contribution in [0.1, 0.15) is 0 Å². The molecular weight excluding hydrogens is 258 g/mol. The molecule has 0 aliphatic carbocycles. The lowest BCUT2D eigenvalue weighted by Crippen LogP contribution is -2.39. The van der Waals surface area contributed by atoms with E-state index in [1.807, 2.05) is 0 Å². The van der Waals surface area contributed by atoms with Gasteiger partial charge in [-0.1, -0.05) is 11.8 Å². The Morgan fingerprint density at radius 2 is 1.53 bits per heavy atom. The summed E-state index contributed by atoms with van der Waals surface area (Å²) in [6.07, 6.45) is -4.53. The number of carboxylic acids is 2. The first kappa shape index (κ1) is 15.3. The van der Waals surface area contributed by atoms with Gasteiger partial charge in [0.15, 0.2) is 12.2 Å². The summed E-state index contributed by atoms with van der Waals surface area (Å²) in [6.45, 7) is 0. The first-order chi connectivity index (χ1) is 7.75. The number of thioether (sulfide) groups is 1. The molecule has 10 heteroatoms. The minimum Gasteiger partial charge on any atom is -0.479 e. The van der Waals surface area contributed by atoms with E-state index >= 15 is 0 Å². The third-order valence-corrected chi connectivity index (χ3v) is 2.15. The number of aliphatic hydroxyl groups is 2. The van der Waals surface area contributed by atoms with Crippen molar-refractivity contribution in [1.29, 1.82) is 0 Å². The highest BCUT2D eigenvalue weighted by molar-refractivity contribution is 8.14. The van der Waals surface area contributed by atoms with E-state index in [-0.39, 0.29) is 11.1 Å². The maximum absolute atomic E-state index is 10.1. The molecule has 1 saturated heterocycles. The molecule has 0 radical (unpaired) electrons. The zero-order chi connectivity index (χ0) is 13.6. The van der Waals surface area contributed by atoms with Crippen LogP contribution >= 0.6 is 11.8 Å². The predicted molar refractivity (Wildman–Crippen MR) is 53.3 cm³/mol. The number of amides is 2. The van der Waals surface area contributed by atoms with Crippen LogP contribution in [0.5, 0.6) is 0 Å². The topological polar surface area (TPSA) is 161 Å². The van der Waals surface area contributed by atoms with Crippen LogP contribution in [0, 0.1) is 0 Å². The SMILES string of the molecule is O=C(O)[C@@H](O)[C@H](O)C(=O)O.O=C1CSC(=O)N1. The maximum atomic E-state index is 10.1. The van der Waals surface area contributed by atoms with Crippen molar-refractivity contribution in [2.75, 3.05) is 5.75 Å². The highest BCUT2D eigenvalue weighted by Crippen LogP contribution is 2.06. The molecule has 96 valence electrons. The lowest BCUT2D eigenvalue weighted by Gasteiger charge is -2.07. The van der Waals surface area contributed by atoms with Gasteiger partial charge in [-0.3, -0.25) is 14.9 Å². The number of nitrogens with one attached hydrogen (secondary N) is 1. The first-order valence-corrected chi connectivity index (χ1v) is 5.02. The molecule has 1 rings (SSSR count). The molecule has 0 saturated carbocycles. The van der Waals surface area contributed by atoms with Gasteiger partial charge in [0.1, 0.15) is 0 Å². The van der Waals surface area contributed by atoms with Gasteiger partial charge < -0.3 is 20.4 Å². The largest absolute Gasteiger partial charge is 0.479 e. The summed E-state index contributed by atoms with van der Waals surface area (Å²) in [4.78, 5) is 39.7. The molecule has 0 spiro atoms. The van der Waals surface area contributed by atoms with Gasteiger partial charge in [-0.25, -0.2) is 9.59 Å². The molecule has 1 aliphatic heterocycles. The van der Waals surface area contributed by atoms with Crippen LogP contribution in [0.3, 0.4) is 0 Å². The number of aliphatic hydroxyl groups excluding tert-OH is 2. The Hall–Kier alpha value is -1.65.